The van der Waals surface area contributed by atoms with Gasteiger partial charge >= 0.3 is 0 Å². The highest BCUT2D eigenvalue weighted by molar-refractivity contribution is 5.45. The lowest BCUT2D eigenvalue weighted by Crippen LogP contribution is -1.97. The summed E-state index contributed by atoms with van der Waals surface area (Å²) < 4.78 is 5.94. The normalized spacial score (nSPS) is 10.3. The Balaban J connectivity index is 1.83. The average molecular weight is 329 g/mol. The van der Waals surface area contributed by atoms with Crippen molar-refractivity contribution < 1.29 is 9.84 Å². The highest BCUT2D eigenvalue weighted by Gasteiger charge is 2.08. The fraction of sp³-hybridized carbons (Fsp3) is 0.136. The lowest BCUT2D eigenvalue weighted by atomic mass is 10.00. The number of hydrogen-bond acceptors (Lipinski definition) is 3. The van der Waals surface area contributed by atoms with Crippen LogP contribution in [-0.4, -0.2) is 5.11 Å². The van der Waals surface area contributed by atoms with Crippen molar-refractivity contribution >= 4 is 0 Å². The molecule has 0 radical (unpaired) electrons. The summed E-state index contributed by atoms with van der Waals surface area (Å²) in [5.74, 6) is 1.38. The SMILES string of the molecule is Cc1cc(C#N)ccc1Oc1ccc(Cc2ccccc2)c(CO)c1. The Morgan fingerprint density at radius 3 is 2.44 bits per heavy atom. The van der Waals surface area contributed by atoms with Gasteiger partial charge in [-0.05, 0) is 65.9 Å². The molecule has 0 heterocycles. The van der Waals surface area contributed by atoms with Gasteiger partial charge in [-0.25, -0.2) is 0 Å². The van der Waals surface area contributed by atoms with Crippen LogP contribution in [0.25, 0.3) is 0 Å². The molecule has 0 atom stereocenters. The van der Waals surface area contributed by atoms with Crippen LogP contribution in [0.1, 0.15) is 27.8 Å². The number of aryl methyl sites for hydroxylation is 1. The summed E-state index contributed by atoms with van der Waals surface area (Å²) in [4.78, 5) is 0. The first-order valence-electron chi connectivity index (χ1n) is 8.15. The van der Waals surface area contributed by atoms with Crippen molar-refractivity contribution in [2.75, 3.05) is 0 Å². The molecule has 3 heteroatoms. The Hall–Kier alpha value is -3.09. The quantitative estimate of drug-likeness (QED) is 0.735. The molecule has 124 valence electrons. The van der Waals surface area contributed by atoms with E-state index in [2.05, 4.69) is 18.2 Å². The van der Waals surface area contributed by atoms with Gasteiger partial charge < -0.3 is 9.84 Å². The van der Waals surface area contributed by atoms with E-state index in [-0.39, 0.29) is 6.61 Å². The molecule has 3 rings (SSSR count). The van der Waals surface area contributed by atoms with E-state index in [1.807, 2.05) is 43.3 Å². The van der Waals surface area contributed by atoms with Crippen LogP contribution in [0.15, 0.2) is 66.7 Å². The zero-order valence-corrected chi connectivity index (χ0v) is 14.1. The average Bonchev–Trinajstić information content (AvgIpc) is 2.65. The van der Waals surface area contributed by atoms with Crippen molar-refractivity contribution in [2.24, 2.45) is 0 Å². The van der Waals surface area contributed by atoms with Gasteiger partial charge in [-0.3, -0.25) is 0 Å². The van der Waals surface area contributed by atoms with Crippen LogP contribution in [0, 0.1) is 18.3 Å². The third-order valence-electron chi connectivity index (χ3n) is 4.12. The summed E-state index contributed by atoms with van der Waals surface area (Å²) in [5.41, 5.74) is 4.65. The van der Waals surface area contributed by atoms with Crippen molar-refractivity contribution in [1.82, 2.24) is 0 Å². The van der Waals surface area contributed by atoms with E-state index >= 15 is 0 Å². The molecule has 0 fully saturated rings. The first kappa shape index (κ1) is 16.8. The number of nitriles is 1. The van der Waals surface area contributed by atoms with Gasteiger partial charge in [0.2, 0.25) is 0 Å². The van der Waals surface area contributed by atoms with Crippen LogP contribution >= 0.6 is 0 Å². The van der Waals surface area contributed by atoms with Gasteiger partial charge in [0, 0.05) is 0 Å². The van der Waals surface area contributed by atoms with Gasteiger partial charge in [0.05, 0.1) is 18.2 Å². The molecule has 0 amide bonds. The summed E-state index contributed by atoms with van der Waals surface area (Å²) in [6, 6.07) is 23.4. The molecule has 1 N–H and O–H groups in total. The summed E-state index contributed by atoms with van der Waals surface area (Å²) in [7, 11) is 0. The van der Waals surface area contributed by atoms with E-state index in [0.29, 0.717) is 17.1 Å². The Labute approximate surface area is 147 Å². The van der Waals surface area contributed by atoms with Gasteiger partial charge in [0.25, 0.3) is 0 Å². The van der Waals surface area contributed by atoms with E-state index in [0.717, 1.165) is 23.1 Å². The maximum Gasteiger partial charge on any atom is 0.130 e. The minimum atomic E-state index is -0.0360. The molecule has 0 aromatic heterocycles. The Morgan fingerprint density at radius 1 is 0.960 bits per heavy atom. The number of aliphatic hydroxyl groups is 1. The van der Waals surface area contributed by atoms with E-state index in [9.17, 15) is 5.11 Å². The van der Waals surface area contributed by atoms with Crippen molar-refractivity contribution in [3.63, 3.8) is 0 Å². The zero-order valence-electron chi connectivity index (χ0n) is 14.1. The molecular formula is C22H19NO2. The van der Waals surface area contributed by atoms with Gasteiger partial charge in [-0.1, -0.05) is 36.4 Å². The van der Waals surface area contributed by atoms with Crippen LogP contribution < -0.4 is 4.74 Å². The predicted octanol–water partition coefficient (Wildman–Crippen LogP) is 4.74. The molecule has 3 nitrogen and oxygen atoms in total. The van der Waals surface area contributed by atoms with Crippen LogP contribution in [0.3, 0.4) is 0 Å². The van der Waals surface area contributed by atoms with E-state index < -0.39 is 0 Å². The zero-order chi connectivity index (χ0) is 17.6. The Morgan fingerprint density at radius 2 is 1.76 bits per heavy atom. The number of ether oxygens (including phenoxy) is 1. The first-order chi connectivity index (χ1) is 12.2. The number of rotatable bonds is 5. The number of hydrogen-bond donors (Lipinski definition) is 1. The highest BCUT2D eigenvalue weighted by atomic mass is 16.5. The topological polar surface area (TPSA) is 53.2 Å². The molecule has 3 aromatic carbocycles. The molecule has 25 heavy (non-hydrogen) atoms. The predicted molar refractivity (Wildman–Crippen MR) is 97.6 cm³/mol. The smallest absolute Gasteiger partial charge is 0.130 e. The van der Waals surface area contributed by atoms with Gasteiger partial charge in [-0.2, -0.15) is 5.26 Å². The molecular weight excluding hydrogens is 310 g/mol. The van der Waals surface area contributed by atoms with Gasteiger partial charge in [-0.15, -0.1) is 0 Å². The van der Waals surface area contributed by atoms with Crippen LogP contribution in [0.2, 0.25) is 0 Å². The molecule has 0 aliphatic heterocycles. The van der Waals surface area contributed by atoms with Crippen molar-refractivity contribution in [3.05, 3.63) is 94.5 Å². The lowest BCUT2D eigenvalue weighted by molar-refractivity contribution is 0.280. The third-order valence-corrected chi connectivity index (χ3v) is 4.12. The van der Waals surface area contributed by atoms with E-state index in [1.165, 1.54) is 5.56 Å². The molecule has 0 spiro atoms. The Bertz CT molecular complexity index is 911. The number of aliphatic hydroxyl groups excluding tert-OH is 1. The van der Waals surface area contributed by atoms with Gasteiger partial charge in [0.1, 0.15) is 11.5 Å². The second-order valence-electron chi connectivity index (χ2n) is 5.95. The standard InChI is InChI=1S/C22H19NO2/c1-16-11-18(14-23)7-10-22(16)25-21-9-8-19(20(13-21)15-24)12-17-5-3-2-4-6-17/h2-11,13,24H,12,15H2,1H3. The molecule has 0 bridgehead atoms. The Kier molecular flexibility index (Phi) is 5.13. The maximum absolute atomic E-state index is 9.72. The fourth-order valence-electron chi connectivity index (χ4n) is 2.76. The molecule has 0 saturated carbocycles. The second-order valence-corrected chi connectivity index (χ2v) is 5.95. The van der Waals surface area contributed by atoms with E-state index in [4.69, 9.17) is 10.00 Å². The highest BCUT2D eigenvalue weighted by Crippen LogP contribution is 2.28. The molecule has 0 aliphatic carbocycles. The third kappa shape index (κ3) is 4.06. The minimum Gasteiger partial charge on any atom is -0.457 e. The first-order valence-corrected chi connectivity index (χ1v) is 8.15. The molecule has 0 saturated heterocycles. The van der Waals surface area contributed by atoms with Crippen LogP contribution in [0.5, 0.6) is 11.5 Å². The summed E-state index contributed by atoms with van der Waals surface area (Å²) >= 11 is 0. The lowest BCUT2D eigenvalue weighted by Gasteiger charge is -2.13. The monoisotopic (exact) mass is 329 g/mol. The van der Waals surface area contributed by atoms with Crippen molar-refractivity contribution in [3.8, 4) is 17.6 Å². The molecule has 3 aromatic rings. The van der Waals surface area contributed by atoms with Crippen LogP contribution in [-0.2, 0) is 13.0 Å². The minimum absolute atomic E-state index is 0.0360. The van der Waals surface area contributed by atoms with E-state index in [1.54, 1.807) is 18.2 Å². The fourth-order valence-corrected chi connectivity index (χ4v) is 2.76. The maximum atomic E-state index is 9.72. The summed E-state index contributed by atoms with van der Waals surface area (Å²) in [6.45, 7) is 1.87. The summed E-state index contributed by atoms with van der Waals surface area (Å²) in [6.07, 6.45) is 0.771. The van der Waals surface area contributed by atoms with Crippen LogP contribution in [0.4, 0.5) is 0 Å². The number of benzene rings is 3. The molecule has 0 unspecified atom stereocenters. The second kappa shape index (κ2) is 7.65. The largest absolute Gasteiger partial charge is 0.457 e. The summed E-state index contributed by atoms with van der Waals surface area (Å²) in [5, 5.41) is 18.7. The number of nitrogens with zero attached hydrogens (tertiary/aromatic N) is 1. The van der Waals surface area contributed by atoms with Crippen molar-refractivity contribution in [2.45, 2.75) is 20.0 Å². The van der Waals surface area contributed by atoms with Gasteiger partial charge in [0.15, 0.2) is 0 Å². The molecule has 0 aliphatic rings. The van der Waals surface area contributed by atoms with Crippen molar-refractivity contribution in [1.29, 1.82) is 5.26 Å².